The molecule has 1 unspecified atom stereocenters. The van der Waals surface area contributed by atoms with E-state index in [1.165, 1.54) is 52.0 Å². The van der Waals surface area contributed by atoms with E-state index in [-0.39, 0.29) is 0 Å². The fourth-order valence-electron chi connectivity index (χ4n) is 2.31. The lowest BCUT2D eigenvalue weighted by Crippen LogP contribution is -2.27. The van der Waals surface area contributed by atoms with Crippen molar-refractivity contribution in [2.24, 2.45) is 11.8 Å². The van der Waals surface area contributed by atoms with E-state index in [1.807, 2.05) is 0 Å². The second-order valence-electron chi connectivity index (χ2n) is 5.29. The molecule has 0 spiro atoms. The minimum atomic E-state index is 0.855. The topological polar surface area (TPSA) is 15.3 Å². The van der Waals surface area contributed by atoms with Crippen LogP contribution in [0.4, 0.5) is 0 Å². The third-order valence-electron chi connectivity index (χ3n) is 3.39. The quantitative estimate of drug-likeness (QED) is 0.652. The van der Waals surface area contributed by atoms with E-state index >= 15 is 0 Å². The first kappa shape index (κ1) is 13.0. The maximum atomic E-state index is 3.60. The Morgan fingerprint density at radius 3 is 2.80 bits per heavy atom. The smallest absolute Gasteiger partial charge is 0.00222 e. The molecule has 1 heterocycles. The van der Waals surface area contributed by atoms with E-state index in [1.54, 1.807) is 0 Å². The average molecular weight is 212 g/mol. The van der Waals surface area contributed by atoms with Crippen LogP contribution in [0.2, 0.25) is 0 Å². The van der Waals surface area contributed by atoms with Crippen LogP contribution in [0.5, 0.6) is 0 Å². The Morgan fingerprint density at radius 1 is 1.40 bits per heavy atom. The van der Waals surface area contributed by atoms with Crippen molar-refractivity contribution >= 4 is 0 Å². The predicted octanol–water partition coefficient (Wildman–Crippen LogP) is 2.35. The Balaban J connectivity index is 1.92. The Morgan fingerprint density at radius 2 is 2.20 bits per heavy atom. The van der Waals surface area contributed by atoms with E-state index in [2.05, 4.69) is 31.0 Å². The lowest BCUT2D eigenvalue weighted by molar-refractivity contribution is 0.338. The summed E-state index contributed by atoms with van der Waals surface area (Å²) in [5.74, 6) is 1.76. The Hall–Kier alpha value is -0.0800. The van der Waals surface area contributed by atoms with Crippen LogP contribution < -0.4 is 5.32 Å². The van der Waals surface area contributed by atoms with E-state index in [0.717, 1.165) is 11.8 Å². The summed E-state index contributed by atoms with van der Waals surface area (Å²) in [6, 6.07) is 0. The number of nitrogens with one attached hydrogen (secondary N) is 1. The summed E-state index contributed by atoms with van der Waals surface area (Å²) in [6.07, 6.45) is 4.09. The van der Waals surface area contributed by atoms with Crippen LogP contribution in [-0.2, 0) is 0 Å². The molecule has 1 atom stereocenters. The lowest BCUT2D eigenvalue weighted by atomic mass is 10.1. The summed E-state index contributed by atoms with van der Waals surface area (Å²) in [5, 5.41) is 3.60. The SMILES string of the molecule is CCN1CCC(CNCCCC(C)C)C1. The van der Waals surface area contributed by atoms with E-state index in [0.29, 0.717) is 0 Å². The number of hydrogen-bond donors (Lipinski definition) is 1. The van der Waals surface area contributed by atoms with Crippen molar-refractivity contribution in [2.75, 3.05) is 32.7 Å². The van der Waals surface area contributed by atoms with Crippen LogP contribution >= 0.6 is 0 Å². The fourth-order valence-corrected chi connectivity index (χ4v) is 2.31. The first-order valence-corrected chi connectivity index (χ1v) is 6.65. The Labute approximate surface area is 95.4 Å². The van der Waals surface area contributed by atoms with Gasteiger partial charge in [0.2, 0.25) is 0 Å². The van der Waals surface area contributed by atoms with Crippen LogP contribution in [0.1, 0.15) is 40.0 Å². The zero-order valence-electron chi connectivity index (χ0n) is 10.8. The highest BCUT2D eigenvalue weighted by Crippen LogP contribution is 2.14. The maximum Gasteiger partial charge on any atom is 0.00222 e. The van der Waals surface area contributed by atoms with Crippen LogP contribution in [0, 0.1) is 11.8 Å². The molecule has 0 aliphatic carbocycles. The van der Waals surface area contributed by atoms with Gasteiger partial charge < -0.3 is 10.2 Å². The van der Waals surface area contributed by atoms with Crippen LogP contribution in [-0.4, -0.2) is 37.6 Å². The second-order valence-corrected chi connectivity index (χ2v) is 5.29. The molecular weight excluding hydrogens is 184 g/mol. The van der Waals surface area contributed by atoms with Gasteiger partial charge in [-0.05, 0) is 57.3 Å². The molecule has 0 bridgehead atoms. The molecule has 1 N–H and O–H groups in total. The number of hydrogen-bond acceptors (Lipinski definition) is 2. The van der Waals surface area contributed by atoms with Crippen molar-refractivity contribution in [1.29, 1.82) is 0 Å². The summed E-state index contributed by atoms with van der Waals surface area (Å²) < 4.78 is 0. The highest BCUT2D eigenvalue weighted by molar-refractivity contribution is 4.76. The third-order valence-corrected chi connectivity index (χ3v) is 3.39. The molecule has 1 fully saturated rings. The molecule has 0 radical (unpaired) electrons. The first-order chi connectivity index (χ1) is 7.22. The molecule has 90 valence electrons. The standard InChI is InChI=1S/C13H28N2/c1-4-15-9-7-13(11-15)10-14-8-5-6-12(2)3/h12-14H,4-11H2,1-3H3. The fraction of sp³-hybridized carbons (Fsp3) is 1.00. The molecule has 2 heteroatoms. The van der Waals surface area contributed by atoms with Gasteiger partial charge in [-0.2, -0.15) is 0 Å². The van der Waals surface area contributed by atoms with Crippen LogP contribution in [0.15, 0.2) is 0 Å². The van der Waals surface area contributed by atoms with Crippen molar-refractivity contribution in [3.63, 3.8) is 0 Å². The van der Waals surface area contributed by atoms with Crippen LogP contribution in [0.3, 0.4) is 0 Å². The molecule has 15 heavy (non-hydrogen) atoms. The molecule has 0 aromatic rings. The normalized spacial score (nSPS) is 22.8. The highest BCUT2D eigenvalue weighted by Gasteiger charge is 2.20. The summed E-state index contributed by atoms with van der Waals surface area (Å²) in [4.78, 5) is 2.56. The molecule has 0 aromatic carbocycles. The van der Waals surface area contributed by atoms with Crippen molar-refractivity contribution in [3.8, 4) is 0 Å². The Bertz CT molecular complexity index is 157. The molecule has 1 aliphatic rings. The Kier molecular flexibility index (Phi) is 6.26. The van der Waals surface area contributed by atoms with Gasteiger partial charge in [-0.3, -0.25) is 0 Å². The van der Waals surface area contributed by atoms with Crippen molar-refractivity contribution in [1.82, 2.24) is 10.2 Å². The van der Waals surface area contributed by atoms with Crippen molar-refractivity contribution in [3.05, 3.63) is 0 Å². The first-order valence-electron chi connectivity index (χ1n) is 6.65. The lowest BCUT2D eigenvalue weighted by Gasteiger charge is -2.13. The highest BCUT2D eigenvalue weighted by atomic mass is 15.1. The number of rotatable bonds is 7. The summed E-state index contributed by atoms with van der Waals surface area (Å²) in [5.41, 5.74) is 0. The maximum absolute atomic E-state index is 3.60. The minimum Gasteiger partial charge on any atom is -0.316 e. The van der Waals surface area contributed by atoms with Gasteiger partial charge in [-0.25, -0.2) is 0 Å². The van der Waals surface area contributed by atoms with E-state index in [4.69, 9.17) is 0 Å². The molecule has 1 aliphatic heterocycles. The molecule has 1 rings (SSSR count). The zero-order chi connectivity index (χ0) is 11.1. The van der Waals surface area contributed by atoms with E-state index < -0.39 is 0 Å². The van der Waals surface area contributed by atoms with Gasteiger partial charge in [0.15, 0.2) is 0 Å². The van der Waals surface area contributed by atoms with Gasteiger partial charge in [0, 0.05) is 6.54 Å². The number of likely N-dealkylation sites (tertiary alicyclic amines) is 1. The number of nitrogens with zero attached hydrogens (tertiary/aromatic N) is 1. The van der Waals surface area contributed by atoms with Gasteiger partial charge in [0.1, 0.15) is 0 Å². The van der Waals surface area contributed by atoms with Gasteiger partial charge in [-0.1, -0.05) is 20.8 Å². The third kappa shape index (κ3) is 5.53. The van der Waals surface area contributed by atoms with Gasteiger partial charge in [-0.15, -0.1) is 0 Å². The second kappa shape index (κ2) is 7.24. The van der Waals surface area contributed by atoms with Gasteiger partial charge in [0.25, 0.3) is 0 Å². The van der Waals surface area contributed by atoms with Crippen molar-refractivity contribution < 1.29 is 0 Å². The summed E-state index contributed by atoms with van der Waals surface area (Å²) >= 11 is 0. The average Bonchev–Trinajstić information content (AvgIpc) is 2.65. The summed E-state index contributed by atoms with van der Waals surface area (Å²) in [7, 11) is 0. The zero-order valence-corrected chi connectivity index (χ0v) is 10.8. The predicted molar refractivity (Wildman–Crippen MR) is 67.2 cm³/mol. The largest absolute Gasteiger partial charge is 0.316 e. The molecular formula is C13H28N2. The molecule has 0 aromatic heterocycles. The summed E-state index contributed by atoms with van der Waals surface area (Å²) in [6.45, 7) is 13.2. The van der Waals surface area contributed by atoms with Gasteiger partial charge >= 0.3 is 0 Å². The van der Waals surface area contributed by atoms with Gasteiger partial charge in [0.05, 0.1) is 0 Å². The molecule has 2 nitrogen and oxygen atoms in total. The van der Waals surface area contributed by atoms with E-state index in [9.17, 15) is 0 Å². The molecule has 0 saturated carbocycles. The van der Waals surface area contributed by atoms with Crippen molar-refractivity contribution in [2.45, 2.75) is 40.0 Å². The van der Waals surface area contributed by atoms with Crippen LogP contribution in [0.25, 0.3) is 0 Å². The molecule has 1 saturated heterocycles. The molecule has 0 amide bonds. The monoisotopic (exact) mass is 212 g/mol. The minimum absolute atomic E-state index is 0.855.